The number of amides is 1. The van der Waals surface area contributed by atoms with Crippen LogP contribution in [-0.4, -0.2) is 25.5 Å². The fraction of sp³-hybridized carbons (Fsp3) is 0.500. The van der Waals surface area contributed by atoms with Crippen molar-refractivity contribution in [3.63, 3.8) is 0 Å². The Hall–Kier alpha value is -1.31. The molecular formula is C16H27IN4O. The van der Waals surface area contributed by atoms with E-state index in [0.29, 0.717) is 12.1 Å². The van der Waals surface area contributed by atoms with Gasteiger partial charge in [-0.1, -0.05) is 26.0 Å². The Balaban J connectivity index is 0.00000441. The number of nitrogens with one attached hydrogen (secondary N) is 2. The van der Waals surface area contributed by atoms with E-state index in [4.69, 9.17) is 5.73 Å². The summed E-state index contributed by atoms with van der Waals surface area (Å²) in [5, 5.41) is 6.53. The van der Waals surface area contributed by atoms with Gasteiger partial charge >= 0.3 is 0 Å². The van der Waals surface area contributed by atoms with Gasteiger partial charge in [-0.25, -0.2) is 0 Å². The Labute approximate surface area is 150 Å². The number of carbonyl (C=O) groups excluding carboxylic acids is 1. The third-order valence-electron chi connectivity index (χ3n) is 3.17. The highest BCUT2D eigenvalue weighted by molar-refractivity contribution is 14.0. The lowest BCUT2D eigenvalue weighted by atomic mass is 10.1. The average Bonchev–Trinajstić information content (AvgIpc) is 2.46. The van der Waals surface area contributed by atoms with Gasteiger partial charge in [0.1, 0.15) is 0 Å². The first-order valence-corrected chi connectivity index (χ1v) is 7.36. The summed E-state index contributed by atoms with van der Waals surface area (Å²) in [5.74, 6) is 1.11. The molecule has 0 radical (unpaired) electrons. The summed E-state index contributed by atoms with van der Waals surface area (Å²) in [5.41, 5.74) is 6.81. The maximum Gasteiger partial charge on any atom is 0.248 e. The molecule has 0 aliphatic heterocycles. The molecule has 0 spiro atoms. The van der Waals surface area contributed by atoms with Crippen LogP contribution >= 0.6 is 24.0 Å². The molecule has 0 unspecified atom stereocenters. The molecule has 0 fully saturated rings. The first kappa shape index (κ1) is 20.7. The van der Waals surface area contributed by atoms with E-state index in [1.54, 1.807) is 19.2 Å². The lowest BCUT2D eigenvalue weighted by Crippen LogP contribution is -2.37. The fourth-order valence-electron chi connectivity index (χ4n) is 1.91. The van der Waals surface area contributed by atoms with Crippen LogP contribution in [0.2, 0.25) is 0 Å². The van der Waals surface area contributed by atoms with Crippen LogP contribution in [0.4, 0.5) is 0 Å². The number of rotatable bonds is 7. The van der Waals surface area contributed by atoms with Crippen LogP contribution in [0.15, 0.2) is 29.3 Å². The Morgan fingerprint density at radius 2 is 1.86 bits per heavy atom. The van der Waals surface area contributed by atoms with Crippen molar-refractivity contribution in [3.8, 4) is 0 Å². The second kappa shape index (κ2) is 11.3. The number of guanidine groups is 1. The van der Waals surface area contributed by atoms with Crippen LogP contribution in [0.3, 0.4) is 0 Å². The molecule has 5 nitrogen and oxygen atoms in total. The number of benzene rings is 1. The topological polar surface area (TPSA) is 79.5 Å². The van der Waals surface area contributed by atoms with Crippen molar-refractivity contribution < 1.29 is 4.79 Å². The number of hydrogen-bond donors (Lipinski definition) is 3. The van der Waals surface area contributed by atoms with E-state index in [9.17, 15) is 4.79 Å². The molecule has 1 aromatic carbocycles. The number of hydrogen-bond acceptors (Lipinski definition) is 2. The lowest BCUT2D eigenvalue weighted by molar-refractivity contribution is 0.100. The minimum atomic E-state index is -0.405. The first-order chi connectivity index (χ1) is 10.0. The second-order valence-electron chi connectivity index (χ2n) is 5.45. The largest absolute Gasteiger partial charge is 0.366 e. The quantitative estimate of drug-likeness (QED) is 0.276. The average molecular weight is 418 g/mol. The number of primary amides is 1. The van der Waals surface area contributed by atoms with Gasteiger partial charge in [-0.05, 0) is 36.5 Å². The van der Waals surface area contributed by atoms with Crippen LogP contribution in [0.25, 0.3) is 0 Å². The summed E-state index contributed by atoms with van der Waals surface area (Å²) in [6.45, 7) is 6.02. The van der Waals surface area contributed by atoms with Crippen LogP contribution in [0.1, 0.15) is 42.6 Å². The van der Waals surface area contributed by atoms with Crippen molar-refractivity contribution >= 4 is 35.8 Å². The normalized spacial score (nSPS) is 11.0. The Bertz CT molecular complexity index is 472. The molecule has 0 aliphatic rings. The van der Waals surface area contributed by atoms with Gasteiger partial charge in [-0.2, -0.15) is 0 Å². The number of carbonyl (C=O) groups is 1. The zero-order valence-electron chi connectivity index (χ0n) is 13.6. The number of nitrogens with zero attached hydrogens (tertiary/aromatic N) is 1. The molecule has 0 saturated heterocycles. The van der Waals surface area contributed by atoms with E-state index >= 15 is 0 Å². The minimum absolute atomic E-state index is 0. The number of nitrogens with two attached hydrogens (primary N) is 1. The molecule has 22 heavy (non-hydrogen) atoms. The Morgan fingerprint density at radius 3 is 2.36 bits per heavy atom. The van der Waals surface area contributed by atoms with E-state index in [1.807, 2.05) is 12.1 Å². The van der Waals surface area contributed by atoms with E-state index in [-0.39, 0.29) is 24.0 Å². The summed E-state index contributed by atoms with van der Waals surface area (Å²) in [6, 6.07) is 7.24. The van der Waals surface area contributed by atoms with Crippen molar-refractivity contribution in [1.29, 1.82) is 0 Å². The first-order valence-electron chi connectivity index (χ1n) is 7.36. The van der Waals surface area contributed by atoms with Crippen LogP contribution < -0.4 is 16.4 Å². The monoisotopic (exact) mass is 418 g/mol. The standard InChI is InChI=1S/C16H26N4O.HI/c1-12(2)5-4-10-19-16(18-3)20-11-13-6-8-14(9-7-13)15(17)21;/h6-9,12H,4-5,10-11H2,1-3H3,(H2,17,21)(H2,18,19,20);1H. The van der Waals surface area contributed by atoms with Gasteiger partial charge in [0.25, 0.3) is 0 Å². The summed E-state index contributed by atoms with van der Waals surface area (Å²) >= 11 is 0. The molecule has 0 saturated carbocycles. The second-order valence-corrected chi connectivity index (χ2v) is 5.45. The van der Waals surface area contributed by atoms with E-state index in [2.05, 4.69) is 29.5 Å². The third-order valence-corrected chi connectivity index (χ3v) is 3.17. The molecule has 0 aromatic heterocycles. The minimum Gasteiger partial charge on any atom is -0.366 e. The van der Waals surface area contributed by atoms with Gasteiger partial charge in [0.05, 0.1) is 0 Å². The SMILES string of the molecule is CN=C(NCCCC(C)C)NCc1ccc(C(N)=O)cc1.I. The Kier molecular flexibility index (Phi) is 10.6. The highest BCUT2D eigenvalue weighted by Gasteiger charge is 2.01. The molecule has 1 amide bonds. The van der Waals surface area contributed by atoms with E-state index in [1.165, 1.54) is 6.42 Å². The van der Waals surface area contributed by atoms with Crippen LogP contribution in [0, 0.1) is 5.92 Å². The summed E-state index contributed by atoms with van der Waals surface area (Å²) in [4.78, 5) is 15.2. The number of aliphatic imine (C=N–C) groups is 1. The van der Waals surface area contributed by atoms with E-state index < -0.39 is 5.91 Å². The van der Waals surface area contributed by atoms with Crippen molar-refractivity contribution in [2.24, 2.45) is 16.6 Å². The van der Waals surface area contributed by atoms with Gasteiger partial charge in [0.15, 0.2) is 5.96 Å². The maximum atomic E-state index is 11.0. The third kappa shape index (κ3) is 8.21. The van der Waals surface area contributed by atoms with Crippen LogP contribution in [0.5, 0.6) is 0 Å². The Morgan fingerprint density at radius 1 is 1.23 bits per heavy atom. The molecule has 0 bridgehead atoms. The molecule has 124 valence electrons. The molecule has 4 N–H and O–H groups in total. The predicted octanol–water partition coefficient (Wildman–Crippen LogP) is 2.50. The highest BCUT2D eigenvalue weighted by atomic mass is 127. The molecular weight excluding hydrogens is 391 g/mol. The predicted molar refractivity (Wildman–Crippen MR) is 103 cm³/mol. The van der Waals surface area contributed by atoms with Gasteiger partial charge in [0.2, 0.25) is 5.91 Å². The molecule has 1 aromatic rings. The summed E-state index contributed by atoms with van der Waals surface area (Å²) < 4.78 is 0. The van der Waals surface area contributed by atoms with Crippen LogP contribution in [-0.2, 0) is 6.54 Å². The molecule has 0 heterocycles. The van der Waals surface area contributed by atoms with Crippen molar-refractivity contribution in [1.82, 2.24) is 10.6 Å². The molecule has 0 aliphatic carbocycles. The van der Waals surface area contributed by atoms with Crippen molar-refractivity contribution in [2.75, 3.05) is 13.6 Å². The van der Waals surface area contributed by atoms with Gasteiger partial charge < -0.3 is 16.4 Å². The number of halogens is 1. The molecule has 0 atom stereocenters. The zero-order valence-corrected chi connectivity index (χ0v) is 15.9. The fourth-order valence-corrected chi connectivity index (χ4v) is 1.91. The van der Waals surface area contributed by atoms with Crippen molar-refractivity contribution in [3.05, 3.63) is 35.4 Å². The highest BCUT2D eigenvalue weighted by Crippen LogP contribution is 2.04. The zero-order chi connectivity index (χ0) is 15.7. The molecule has 6 heteroatoms. The summed E-state index contributed by atoms with van der Waals surface area (Å²) in [6.07, 6.45) is 2.34. The summed E-state index contributed by atoms with van der Waals surface area (Å²) in [7, 11) is 1.76. The smallest absolute Gasteiger partial charge is 0.248 e. The maximum absolute atomic E-state index is 11.0. The van der Waals surface area contributed by atoms with E-state index in [0.717, 1.165) is 30.4 Å². The lowest BCUT2D eigenvalue weighted by Gasteiger charge is -2.12. The van der Waals surface area contributed by atoms with Crippen molar-refractivity contribution in [2.45, 2.75) is 33.2 Å². The van der Waals surface area contributed by atoms with Gasteiger partial charge in [-0.3, -0.25) is 9.79 Å². The van der Waals surface area contributed by atoms with Gasteiger partial charge in [0, 0.05) is 25.7 Å². The molecule has 1 rings (SSSR count). The van der Waals surface area contributed by atoms with Gasteiger partial charge in [-0.15, -0.1) is 24.0 Å².